The molecule has 3 aliphatic rings. The molecule has 3 heterocycles. The second kappa shape index (κ2) is 4.25. The van der Waals surface area contributed by atoms with E-state index in [9.17, 15) is 4.79 Å². The molecule has 3 rings (SSSR count). The molecule has 0 radical (unpaired) electrons. The lowest BCUT2D eigenvalue weighted by molar-refractivity contribution is -0.121. The summed E-state index contributed by atoms with van der Waals surface area (Å²) in [6, 6.07) is 0.515. The monoisotopic (exact) mass is 237 g/mol. The Morgan fingerprint density at radius 3 is 2.82 bits per heavy atom. The highest BCUT2D eigenvalue weighted by atomic mass is 16.1. The van der Waals surface area contributed by atoms with Crippen LogP contribution in [0.3, 0.4) is 0 Å². The van der Waals surface area contributed by atoms with Crippen LogP contribution < -0.4 is 5.32 Å². The third-order valence-electron chi connectivity index (χ3n) is 4.94. The van der Waals surface area contributed by atoms with Crippen molar-refractivity contribution in [3.8, 4) is 0 Å². The molecule has 0 saturated carbocycles. The number of hydrogen-bond acceptors (Lipinski definition) is 3. The van der Waals surface area contributed by atoms with Crippen LogP contribution in [0.2, 0.25) is 0 Å². The highest BCUT2D eigenvalue weighted by molar-refractivity contribution is 5.77. The number of hydrogen-bond donors (Lipinski definition) is 1. The van der Waals surface area contributed by atoms with Crippen LogP contribution in [0.4, 0.5) is 0 Å². The molecule has 0 aliphatic carbocycles. The zero-order valence-corrected chi connectivity index (χ0v) is 10.7. The van der Waals surface area contributed by atoms with Crippen molar-refractivity contribution in [2.24, 2.45) is 0 Å². The lowest BCUT2D eigenvalue weighted by Gasteiger charge is -2.47. The summed E-state index contributed by atoms with van der Waals surface area (Å²) in [4.78, 5) is 16.8. The van der Waals surface area contributed by atoms with Crippen molar-refractivity contribution in [3.63, 3.8) is 0 Å². The summed E-state index contributed by atoms with van der Waals surface area (Å²) in [6.45, 7) is 4.40. The molecule has 3 aliphatic heterocycles. The molecule has 0 bridgehead atoms. The molecule has 1 unspecified atom stereocenters. The number of nitrogens with one attached hydrogen (secondary N) is 1. The lowest BCUT2D eigenvalue weighted by atomic mass is 9.85. The number of likely N-dealkylation sites (tertiary alicyclic amines) is 1. The summed E-state index contributed by atoms with van der Waals surface area (Å²) in [7, 11) is 2.20. The Hall–Kier alpha value is -0.610. The van der Waals surface area contributed by atoms with Crippen LogP contribution in [0, 0.1) is 0 Å². The Balaban J connectivity index is 1.83. The smallest absolute Gasteiger partial charge is 0.221 e. The van der Waals surface area contributed by atoms with Crippen LogP contribution >= 0.6 is 0 Å². The molecule has 3 saturated heterocycles. The minimum absolute atomic E-state index is 0.262. The first-order chi connectivity index (χ1) is 8.20. The van der Waals surface area contributed by atoms with E-state index in [0.717, 1.165) is 13.0 Å². The Bertz CT molecular complexity index is 310. The maximum absolute atomic E-state index is 11.8. The van der Waals surface area contributed by atoms with Crippen LogP contribution in [-0.2, 0) is 4.79 Å². The summed E-state index contributed by atoms with van der Waals surface area (Å²) in [5, 5.41) is 3.15. The van der Waals surface area contributed by atoms with Gasteiger partial charge in [-0.15, -0.1) is 0 Å². The maximum atomic E-state index is 11.8. The fraction of sp³-hybridized carbons (Fsp3) is 0.923. The summed E-state index contributed by atoms with van der Waals surface area (Å²) >= 11 is 0. The van der Waals surface area contributed by atoms with Gasteiger partial charge >= 0.3 is 0 Å². The molecule has 17 heavy (non-hydrogen) atoms. The van der Waals surface area contributed by atoms with Gasteiger partial charge in [-0.3, -0.25) is 9.69 Å². The van der Waals surface area contributed by atoms with Gasteiger partial charge in [0.05, 0.1) is 0 Å². The van der Waals surface area contributed by atoms with E-state index in [4.69, 9.17) is 0 Å². The van der Waals surface area contributed by atoms with Crippen molar-refractivity contribution in [1.82, 2.24) is 15.1 Å². The van der Waals surface area contributed by atoms with Gasteiger partial charge in [-0.1, -0.05) is 0 Å². The average molecular weight is 237 g/mol. The summed E-state index contributed by atoms with van der Waals surface area (Å²) < 4.78 is 0. The van der Waals surface area contributed by atoms with Gasteiger partial charge in [0.15, 0.2) is 0 Å². The van der Waals surface area contributed by atoms with Crippen LogP contribution in [0.15, 0.2) is 0 Å². The van der Waals surface area contributed by atoms with E-state index < -0.39 is 0 Å². The van der Waals surface area contributed by atoms with E-state index in [-0.39, 0.29) is 11.4 Å². The topological polar surface area (TPSA) is 35.6 Å². The molecule has 4 heteroatoms. The minimum atomic E-state index is 0.262. The normalized spacial score (nSPS) is 34.4. The molecule has 1 N–H and O–H groups in total. The van der Waals surface area contributed by atoms with Crippen LogP contribution in [0.1, 0.15) is 32.1 Å². The molecule has 96 valence electrons. The number of rotatable bonds is 0. The molecule has 3 fully saturated rings. The highest BCUT2D eigenvalue weighted by Crippen LogP contribution is 2.36. The predicted octanol–water partition coefficient (Wildman–Crippen LogP) is 0.435. The number of fused-ring (bicyclic) bond motifs is 2. The Kier molecular flexibility index (Phi) is 2.87. The van der Waals surface area contributed by atoms with Gasteiger partial charge in [-0.2, -0.15) is 0 Å². The second-order valence-electron chi connectivity index (χ2n) is 6.00. The van der Waals surface area contributed by atoms with Crippen molar-refractivity contribution in [3.05, 3.63) is 0 Å². The van der Waals surface area contributed by atoms with E-state index in [2.05, 4.69) is 22.2 Å². The molecule has 1 amide bonds. The predicted molar refractivity (Wildman–Crippen MR) is 66.8 cm³/mol. The highest BCUT2D eigenvalue weighted by Gasteiger charge is 2.46. The molecule has 1 atom stereocenters. The molecule has 1 spiro atoms. The number of carbonyl (C=O) groups excluding carboxylic acids is 1. The van der Waals surface area contributed by atoms with Gasteiger partial charge in [0, 0.05) is 24.5 Å². The van der Waals surface area contributed by atoms with E-state index in [1.807, 2.05) is 0 Å². The maximum Gasteiger partial charge on any atom is 0.221 e. The third-order valence-corrected chi connectivity index (χ3v) is 4.94. The molecular formula is C13H23N3O. The van der Waals surface area contributed by atoms with Crippen molar-refractivity contribution >= 4 is 5.91 Å². The van der Waals surface area contributed by atoms with Crippen molar-refractivity contribution in [2.75, 3.05) is 33.2 Å². The number of carbonyl (C=O) groups is 1. The van der Waals surface area contributed by atoms with Crippen LogP contribution in [-0.4, -0.2) is 60.5 Å². The number of amides is 1. The minimum Gasteiger partial charge on any atom is -0.354 e. The molecule has 0 aromatic rings. The fourth-order valence-corrected chi connectivity index (χ4v) is 3.82. The van der Waals surface area contributed by atoms with E-state index in [1.54, 1.807) is 0 Å². The Morgan fingerprint density at radius 2 is 2.06 bits per heavy atom. The molecule has 4 nitrogen and oxygen atoms in total. The van der Waals surface area contributed by atoms with Gasteiger partial charge in [0.1, 0.15) is 0 Å². The van der Waals surface area contributed by atoms with Crippen LogP contribution in [0.25, 0.3) is 0 Å². The molecule has 0 aromatic carbocycles. The first-order valence-electron chi connectivity index (χ1n) is 6.92. The Labute approximate surface area is 103 Å². The SMILES string of the molecule is CN1CCC2(CC1)CNC(=O)CC1CCCN12. The zero-order chi connectivity index (χ0) is 11.9. The van der Waals surface area contributed by atoms with Gasteiger partial charge in [-0.25, -0.2) is 0 Å². The van der Waals surface area contributed by atoms with Crippen molar-refractivity contribution in [1.29, 1.82) is 0 Å². The lowest BCUT2D eigenvalue weighted by Crippen LogP contribution is -2.59. The average Bonchev–Trinajstić information content (AvgIpc) is 2.73. The molecular weight excluding hydrogens is 214 g/mol. The van der Waals surface area contributed by atoms with E-state index in [1.165, 1.54) is 45.3 Å². The number of nitrogens with zero attached hydrogens (tertiary/aromatic N) is 2. The second-order valence-corrected chi connectivity index (χ2v) is 6.00. The van der Waals surface area contributed by atoms with Crippen molar-refractivity contribution in [2.45, 2.75) is 43.7 Å². The first kappa shape index (κ1) is 11.5. The summed E-state index contributed by atoms with van der Waals surface area (Å²) in [6.07, 6.45) is 5.62. The van der Waals surface area contributed by atoms with Gasteiger partial charge in [0.2, 0.25) is 5.91 Å². The van der Waals surface area contributed by atoms with E-state index >= 15 is 0 Å². The largest absolute Gasteiger partial charge is 0.354 e. The van der Waals surface area contributed by atoms with Gasteiger partial charge in [0.25, 0.3) is 0 Å². The Morgan fingerprint density at radius 1 is 1.29 bits per heavy atom. The van der Waals surface area contributed by atoms with Crippen LogP contribution in [0.5, 0.6) is 0 Å². The zero-order valence-electron chi connectivity index (χ0n) is 10.7. The van der Waals surface area contributed by atoms with Gasteiger partial charge < -0.3 is 10.2 Å². The fourth-order valence-electron chi connectivity index (χ4n) is 3.82. The molecule has 0 aromatic heterocycles. The quantitative estimate of drug-likeness (QED) is 0.664. The van der Waals surface area contributed by atoms with E-state index in [0.29, 0.717) is 6.04 Å². The van der Waals surface area contributed by atoms with Crippen molar-refractivity contribution < 1.29 is 4.79 Å². The standard InChI is InChI=1S/C13H23N3O/c1-15-7-4-13(5-8-15)10-14-12(17)9-11-3-2-6-16(11)13/h11H,2-10H2,1H3,(H,14,17). The summed E-state index contributed by atoms with van der Waals surface area (Å²) in [5.41, 5.74) is 0.264. The first-order valence-corrected chi connectivity index (χ1v) is 6.92. The summed E-state index contributed by atoms with van der Waals surface area (Å²) in [5.74, 6) is 0.262. The number of piperidine rings is 1. The van der Waals surface area contributed by atoms with Gasteiger partial charge in [-0.05, 0) is 52.4 Å². The third kappa shape index (κ3) is 1.97.